The lowest BCUT2D eigenvalue weighted by molar-refractivity contribution is -0.139. The van der Waals surface area contributed by atoms with Gasteiger partial charge in [0.2, 0.25) is 0 Å². The van der Waals surface area contributed by atoms with E-state index in [-0.39, 0.29) is 12.0 Å². The van der Waals surface area contributed by atoms with E-state index in [2.05, 4.69) is 15.7 Å². The van der Waals surface area contributed by atoms with Crippen molar-refractivity contribution < 1.29 is 19.4 Å². The average Bonchev–Trinajstić information content (AvgIpc) is 2.81. The Bertz CT molecular complexity index is 486. The molecule has 1 heterocycles. The second-order valence-electron chi connectivity index (χ2n) is 5.14. The second-order valence-corrected chi connectivity index (χ2v) is 5.14. The predicted molar refractivity (Wildman–Crippen MR) is 75.8 cm³/mol. The predicted octanol–water partition coefficient (Wildman–Crippen LogP) is 0.516. The molecule has 0 aliphatic carbocycles. The molecule has 1 aromatic heterocycles. The Morgan fingerprint density at radius 3 is 2.52 bits per heavy atom. The van der Waals surface area contributed by atoms with Crippen molar-refractivity contribution in [1.82, 2.24) is 20.4 Å². The number of hydrogen-bond donors (Lipinski definition) is 3. The number of ether oxygens (including phenoxy) is 1. The molecule has 0 saturated carbocycles. The number of methoxy groups -OCH3 is 1. The van der Waals surface area contributed by atoms with Crippen LogP contribution in [0, 0.1) is 5.92 Å². The second kappa shape index (κ2) is 7.63. The lowest BCUT2D eigenvalue weighted by Crippen LogP contribution is -2.48. The van der Waals surface area contributed by atoms with Gasteiger partial charge in [0.1, 0.15) is 0 Å². The van der Waals surface area contributed by atoms with Crippen LogP contribution in [0.15, 0.2) is 12.4 Å². The van der Waals surface area contributed by atoms with Crippen LogP contribution in [0.4, 0.5) is 4.79 Å². The highest BCUT2D eigenvalue weighted by atomic mass is 16.5. The van der Waals surface area contributed by atoms with Crippen LogP contribution in [0.3, 0.4) is 0 Å². The Hall–Kier alpha value is -2.09. The minimum absolute atomic E-state index is 0.164. The van der Waals surface area contributed by atoms with Gasteiger partial charge in [0.25, 0.3) is 0 Å². The maximum atomic E-state index is 12.0. The van der Waals surface area contributed by atoms with Crippen molar-refractivity contribution in [2.45, 2.75) is 25.9 Å². The van der Waals surface area contributed by atoms with Crippen molar-refractivity contribution >= 4 is 12.0 Å². The summed E-state index contributed by atoms with van der Waals surface area (Å²) in [4.78, 5) is 23.2. The number of aromatic nitrogens is 2. The summed E-state index contributed by atoms with van der Waals surface area (Å²) in [7, 11) is 3.22. The number of amides is 2. The Morgan fingerprint density at radius 1 is 1.43 bits per heavy atom. The molecule has 2 unspecified atom stereocenters. The number of carboxylic acid groups (broad SMARTS) is 1. The number of carbonyl (C=O) groups is 2. The summed E-state index contributed by atoms with van der Waals surface area (Å²) in [5.74, 6) is -0.983. The topological polar surface area (TPSA) is 105 Å². The van der Waals surface area contributed by atoms with E-state index in [9.17, 15) is 14.7 Å². The van der Waals surface area contributed by atoms with Crippen molar-refractivity contribution in [2.24, 2.45) is 13.0 Å². The highest BCUT2D eigenvalue weighted by Gasteiger charge is 2.25. The average molecular weight is 298 g/mol. The van der Waals surface area contributed by atoms with Crippen LogP contribution >= 0.6 is 0 Å². The monoisotopic (exact) mass is 298 g/mol. The van der Waals surface area contributed by atoms with Crippen LogP contribution in [0.2, 0.25) is 0 Å². The molecule has 8 nitrogen and oxygen atoms in total. The third-order valence-electron chi connectivity index (χ3n) is 3.05. The van der Waals surface area contributed by atoms with Gasteiger partial charge in [-0.15, -0.1) is 0 Å². The van der Waals surface area contributed by atoms with E-state index in [0.717, 1.165) is 0 Å². The minimum Gasteiger partial charge on any atom is -0.479 e. The molecule has 3 N–H and O–H groups in total. The van der Waals surface area contributed by atoms with E-state index in [0.29, 0.717) is 12.2 Å². The largest absolute Gasteiger partial charge is 0.479 e. The Morgan fingerprint density at radius 2 is 2.10 bits per heavy atom. The Balaban J connectivity index is 2.71. The van der Waals surface area contributed by atoms with Crippen molar-refractivity contribution in [3.8, 4) is 0 Å². The van der Waals surface area contributed by atoms with Crippen LogP contribution in [0.5, 0.6) is 0 Å². The molecule has 8 heteroatoms. The van der Waals surface area contributed by atoms with Gasteiger partial charge in [-0.2, -0.15) is 5.10 Å². The fourth-order valence-corrected chi connectivity index (χ4v) is 1.80. The first-order chi connectivity index (χ1) is 9.85. The van der Waals surface area contributed by atoms with Crippen molar-refractivity contribution in [1.29, 1.82) is 0 Å². The van der Waals surface area contributed by atoms with Gasteiger partial charge in [-0.25, -0.2) is 9.59 Å². The van der Waals surface area contributed by atoms with Crippen LogP contribution < -0.4 is 10.6 Å². The number of aliphatic carboxylic acids is 1. The highest BCUT2D eigenvalue weighted by molar-refractivity contribution is 5.83. The maximum absolute atomic E-state index is 12.0. The van der Waals surface area contributed by atoms with E-state index in [4.69, 9.17) is 4.74 Å². The molecule has 0 aromatic carbocycles. The quantitative estimate of drug-likeness (QED) is 0.680. The normalized spacial score (nSPS) is 13.8. The molecule has 1 rings (SSSR count). The zero-order chi connectivity index (χ0) is 16.0. The van der Waals surface area contributed by atoms with Gasteiger partial charge in [0.15, 0.2) is 6.04 Å². The third-order valence-corrected chi connectivity index (χ3v) is 3.05. The smallest absolute Gasteiger partial charge is 0.331 e. The van der Waals surface area contributed by atoms with E-state index in [1.54, 1.807) is 20.4 Å². The summed E-state index contributed by atoms with van der Waals surface area (Å²) >= 11 is 0. The molecule has 0 aliphatic rings. The van der Waals surface area contributed by atoms with Crippen molar-refractivity contribution in [3.05, 3.63) is 18.0 Å². The lowest BCUT2D eigenvalue weighted by atomic mass is 10.1. The number of nitrogens with one attached hydrogen (secondary N) is 2. The number of rotatable bonds is 7. The Labute approximate surface area is 123 Å². The molecule has 0 fully saturated rings. The van der Waals surface area contributed by atoms with E-state index in [1.807, 2.05) is 13.8 Å². The fourth-order valence-electron chi connectivity index (χ4n) is 1.80. The highest BCUT2D eigenvalue weighted by Crippen LogP contribution is 2.12. The molecule has 2 atom stereocenters. The van der Waals surface area contributed by atoms with Crippen LogP contribution in [-0.2, 0) is 16.6 Å². The zero-order valence-electron chi connectivity index (χ0n) is 12.7. The number of hydrogen-bond acceptors (Lipinski definition) is 4. The molecular formula is C13H22N4O4. The fraction of sp³-hybridized carbons (Fsp3) is 0.615. The summed E-state index contributed by atoms with van der Waals surface area (Å²) in [5.41, 5.74) is 0.410. The summed E-state index contributed by atoms with van der Waals surface area (Å²) in [5, 5.41) is 18.3. The van der Waals surface area contributed by atoms with Gasteiger partial charge >= 0.3 is 12.0 Å². The van der Waals surface area contributed by atoms with Gasteiger partial charge < -0.3 is 20.5 Å². The number of aryl methyl sites for hydroxylation is 1. The van der Waals surface area contributed by atoms with Crippen LogP contribution in [0.25, 0.3) is 0 Å². The van der Waals surface area contributed by atoms with Crippen molar-refractivity contribution in [2.75, 3.05) is 13.7 Å². The van der Waals surface area contributed by atoms with Gasteiger partial charge in [0, 0.05) is 25.9 Å². The molecule has 0 radical (unpaired) electrons. The molecule has 0 saturated heterocycles. The molecule has 21 heavy (non-hydrogen) atoms. The third kappa shape index (κ3) is 5.07. The first-order valence-corrected chi connectivity index (χ1v) is 6.62. The van der Waals surface area contributed by atoms with Gasteiger partial charge in [-0.05, 0) is 5.92 Å². The van der Waals surface area contributed by atoms with Crippen molar-refractivity contribution in [3.63, 3.8) is 0 Å². The summed E-state index contributed by atoms with van der Waals surface area (Å²) in [6.45, 7) is 4.25. The van der Waals surface area contributed by atoms with E-state index >= 15 is 0 Å². The van der Waals surface area contributed by atoms with Gasteiger partial charge in [0.05, 0.1) is 18.8 Å². The molecular weight excluding hydrogens is 276 g/mol. The molecule has 0 bridgehead atoms. The zero-order valence-corrected chi connectivity index (χ0v) is 12.7. The van der Waals surface area contributed by atoms with Crippen LogP contribution in [-0.4, -0.2) is 46.6 Å². The molecule has 118 valence electrons. The molecule has 2 amide bonds. The lowest BCUT2D eigenvalue weighted by Gasteiger charge is -2.23. The molecule has 1 aromatic rings. The standard InChI is InChI=1S/C13H22N4O4/c1-8(2)10(7-21-4)15-13(20)16-11(12(18)19)9-5-14-17(3)6-9/h5-6,8,10-11H,7H2,1-4H3,(H,18,19)(H2,15,16,20). The van der Waals surface area contributed by atoms with Gasteiger partial charge in [-0.3, -0.25) is 4.68 Å². The van der Waals surface area contributed by atoms with E-state index in [1.165, 1.54) is 10.9 Å². The van der Waals surface area contributed by atoms with Gasteiger partial charge in [-0.1, -0.05) is 13.8 Å². The minimum atomic E-state index is -1.15. The number of urea groups is 1. The SMILES string of the molecule is COCC(NC(=O)NC(C(=O)O)c1cnn(C)c1)C(C)C. The first-order valence-electron chi connectivity index (χ1n) is 6.62. The Kier molecular flexibility index (Phi) is 6.16. The summed E-state index contributed by atoms with van der Waals surface area (Å²) in [6, 6.07) is -1.89. The number of carboxylic acids is 1. The van der Waals surface area contributed by atoms with Crippen LogP contribution in [0.1, 0.15) is 25.5 Å². The molecule has 0 spiro atoms. The first kappa shape index (κ1) is 17.0. The maximum Gasteiger partial charge on any atom is 0.331 e. The number of carbonyl (C=O) groups excluding carboxylic acids is 1. The van der Waals surface area contributed by atoms with E-state index < -0.39 is 18.0 Å². The summed E-state index contributed by atoms with van der Waals surface area (Å²) < 4.78 is 6.51. The number of nitrogens with zero attached hydrogens (tertiary/aromatic N) is 2. The molecule has 0 aliphatic heterocycles. The summed E-state index contributed by atoms with van der Waals surface area (Å²) in [6.07, 6.45) is 2.96.